The minimum absolute atomic E-state index is 0.180. The number of sulfonamides is 1. The number of hydrogen-bond donors (Lipinski definition) is 2. The molecule has 112 valence electrons. The van der Waals surface area contributed by atoms with Crippen LogP contribution in [-0.2, 0) is 16.6 Å². The number of methoxy groups -OCH3 is 1. The summed E-state index contributed by atoms with van der Waals surface area (Å²) >= 11 is 5.88. The van der Waals surface area contributed by atoms with Crippen LogP contribution in [0.15, 0.2) is 40.6 Å². The molecule has 5 nitrogen and oxygen atoms in total. The van der Waals surface area contributed by atoms with Crippen LogP contribution in [0.5, 0.6) is 5.75 Å². The van der Waals surface area contributed by atoms with E-state index in [2.05, 4.69) is 4.72 Å². The number of ether oxygens (including phenoxy) is 1. The molecule has 1 heterocycles. The molecule has 1 aromatic carbocycles. The fraction of sp³-hybridized carbons (Fsp3) is 0.154. The molecule has 21 heavy (non-hydrogen) atoms. The molecule has 3 N–H and O–H groups in total. The minimum Gasteiger partial charge on any atom is -0.497 e. The van der Waals surface area contributed by atoms with Crippen molar-refractivity contribution in [3.05, 3.63) is 46.8 Å². The van der Waals surface area contributed by atoms with Gasteiger partial charge in [-0.15, -0.1) is 11.3 Å². The Labute approximate surface area is 132 Å². The molecule has 0 aliphatic heterocycles. The highest BCUT2D eigenvalue weighted by molar-refractivity contribution is 7.91. The first-order valence-electron chi connectivity index (χ1n) is 5.94. The summed E-state index contributed by atoms with van der Waals surface area (Å²) in [6, 6.07) is 10.3. The Bertz CT molecular complexity index is 754. The van der Waals surface area contributed by atoms with Gasteiger partial charge in [0.2, 0.25) is 10.0 Å². The van der Waals surface area contributed by atoms with Crippen LogP contribution in [0.1, 0.15) is 10.4 Å². The number of benzene rings is 1. The Balaban J connectivity index is 2.11. The summed E-state index contributed by atoms with van der Waals surface area (Å²) in [6.07, 6.45) is 0. The van der Waals surface area contributed by atoms with Crippen LogP contribution in [0.3, 0.4) is 0 Å². The largest absolute Gasteiger partial charge is 0.497 e. The predicted molar refractivity (Wildman–Crippen MR) is 87.2 cm³/mol. The fourth-order valence-corrected chi connectivity index (χ4v) is 4.04. The highest BCUT2D eigenvalue weighted by Crippen LogP contribution is 2.22. The van der Waals surface area contributed by atoms with E-state index in [0.29, 0.717) is 10.6 Å². The SMILES string of the molecule is COc1cccc(CNS(=O)(=O)c2ccc(C(N)=S)s2)c1. The molecule has 0 spiro atoms. The van der Waals surface area contributed by atoms with E-state index in [1.165, 1.54) is 6.07 Å². The lowest BCUT2D eigenvalue weighted by atomic mass is 10.2. The first kappa shape index (κ1) is 15.9. The molecule has 0 fully saturated rings. The monoisotopic (exact) mass is 342 g/mol. The molecule has 0 atom stereocenters. The summed E-state index contributed by atoms with van der Waals surface area (Å²) in [4.78, 5) is 0.765. The number of nitrogens with one attached hydrogen (secondary N) is 1. The molecule has 2 rings (SSSR count). The highest BCUT2D eigenvalue weighted by Gasteiger charge is 2.17. The quantitative estimate of drug-likeness (QED) is 0.783. The van der Waals surface area contributed by atoms with Crippen LogP contribution < -0.4 is 15.2 Å². The fourth-order valence-electron chi connectivity index (χ4n) is 1.63. The van der Waals surface area contributed by atoms with Crippen molar-refractivity contribution < 1.29 is 13.2 Å². The predicted octanol–water partition coefficient (Wildman–Crippen LogP) is 1.87. The molecule has 0 radical (unpaired) electrons. The van der Waals surface area contributed by atoms with Gasteiger partial charge in [-0.05, 0) is 29.8 Å². The maximum atomic E-state index is 12.2. The Hall–Kier alpha value is -1.48. The number of hydrogen-bond acceptors (Lipinski definition) is 5. The standard InChI is InChI=1S/C13H14N2O3S3/c1-18-10-4-2-3-9(7-10)8-15-21(16,17)12-6-5-11(20-12)13(14)19/h2-7,15H,8H2,1H3,(H2,14,19). The van der Waals surface area contributed by atoms with Crippen molar-refractivity contribution in [1.29, 1.82) is 0 Å². The Morgan fingerprint density at radius 3 is 2.76 bits per heavy atom. The lowest BCUT2D eigenvalue weighted by Gasteiger charge is -2.06. The van der Waals surface area contributed by atoms with E-state index in [4.69, 9.17) is 22.7 Å². The molecule has 0 amide bonds. The molecule has 0 aliphatic rings. The van der Waals surface area contributed by atoms with Crippen molar-refractivity contribution in [1.82, 2.24) is 4.72 Å². The number of thiocarbonyl (C=S) groups is 1. The average molecular weight is 342 g/mol. The van der Waals surface area contributed by atoms with E-state index in [0.717, 1.165) is 16.9 Å². The van der Waals surface area contributed by atoms with Crippen LogP contribution in [-0.4, -0.2) is 20.5 Å². The maximum Gasteiger partial charge on any atom is 0.250 e. The molecule has 0 aliphatic carbocycles. The van der Waals surface area contributed by atoms with Gasteiger partial charge in [0.15, 0.2) is 0 Å². The molecule has 0 saturated carbocycles. The third kappa shape index (κ3) is 4.01. The molecule has 2 aromatic rings. The zero-order valence-corrected chi connectivity index (χ0v) is 13.6. The molecule has 0 unspecified atom stereocenters. The van der Waals surface area contributed by atoms with Gasteiger partial charge < -0.3 is 10.5 Å². The van der Waals surface area contributed by atoms with Gasteiger partial charge in [-0.3, -0.25) is 0 Å². The van der Waals surface area contributed by atoms with Gasteiger partial charge in [0.25, 0.3) is 0 Å². The molecule has 0 saturated heterocycles. The zero-order chi connectivity index (χ0) is 15.5. The van der Waals surface area contributed by atoms with Crippen LogP contribution in [0.2, 0.25) is 0 Å². The summed E-state index contributed by atoms with van der Waals surface area (Å²) < 4.78 is 32.2. The second kappa shape index (κ2) is 6.52. The van der Waals surface area contributed by atoms with Crippen LogP contribution in [0.25, 0.3) is 0 Å². The van der Waals surface area contributed by atoms with E-state index in [9.17, 15) is 8.42 Å². The first-order chi connectivity index (χ1) is 9.92. The number of thiophene rings is 1. The summed E-state index contributed by atoms with van der Waals surface area (Å²) in [5.41, 5.74) is 6.29. The Morgan fingerprint density at radius 1 is 1.38 bits per heavy atom. The van der Waals surface area contributed by atoms with Crippen LogP contribution >= 0.6 is 23.6 Å². The van der Waals surface area contributed by atoms with Gasteiger partial charge in [0.05, 0.1) is 12.0 Å². The summed E-state index contributed by atoms with van der Waals surface area (Å²) in [5.74, 6) is 0.679. The molecular weight excluding hydrogens is 328 g/mol. The van der Waals surface area contributed by atoms with Gasteiger partial charge in [0.1, 0.15) is 14.9 Å². The summed E-state index contributed by atoms with van der Waals surface area (Å²) in [5, 5.41) is 0. The Kier molecular flexibility index (Phi) is 4.94. The van der Waals surface area contributed by atoms with E-state index in [1.54, 1.807) is 31.4 Å². The second-order valence-corrected chi connectivity index (χ2v) is 7.68. The van der Waals surface area contributed by atoms with Crippen molar-refractivity contribution in [2.45, 2.75) is 10.8 Å². The molecule has 1 aromatic heterocycles. The average Bonchev–Trinajstić information content (AvgIpc) is 2.96. The lowest BCUT2D eigenvalue weighted by molar-refractivity contribution is 0.414. The topological polar surface area (TPSA) is 81.4 Å². The minimum atomic E-state index is -3.58. The number of rotatable bonds is 6. The van der Waals surface area contributed by atoms with Crippen molar-refractivity contribution in [3.63, 3.8) is 0 Å². The summed E-state index contributed by atoms with van der Waals surface area (Å²) in [7, 11) is -2.02. The third-order valence-electron chi connectivity index (χ3n) is 2.69. The zero-order valence-electron chi connectivity index (χ0n) is 11.2. The molecule has 8 heteroatoms. The van der Waals surface area contributed by atoms with Gasteiger partial charge in [0, 0.05) is 6.54 Å². The van der Waals surface area contributed by atoms with Gasteiger partial charge in [-0.1, -0.05) is 24.4 Å². The van der Waals surface area contributed by atoms with Crippen molar-refractivity contribution >= 4 is 38.6 Å². The van der Waals surface area contributed by atoms with Crippen molar-refractivity contribution in [3.8, 4) is 5.75 Å². The van der Waals surface area contributed by atoms with Crippen LogP contribution in [0, 0.1) is 0 Å². The normalized spacial score (nSPS) is 11.3. The van der Waals surface area contributed by atoms with E-state index in [1.807, 2.05) is 6.07 Å². The summed E-state index contributed by atoms with van der Waals surface area (Å²) in [6.45, 7) is 0.180. The van der Waals surface area contributed by atoms with Gasteiger partial charge in [-0.25, -0.2) is 13.1 Å². The first-order valence-corrected chi connectivity index (χ1v) is 8.65. The molecular formula is C13H14N2O3S3. The number of nitrogens with two attached hydrogens (primary N) is 1. The van der Waals surface area contributed by atoms with Gasteiger partial charge >= 0.3 is 0 Å². The van der Waals surface area contributed by atoms with E-state index >= 15 is 0 Å². The lowest BCUT2D eigenvalue weighted by Crippen LogP contribution is -2.22. The second-order valence-electron chi connectivity index (χ2n) is 4.16. The van der Waals surface area contributed by atoms with Crippen LogP contribution in [0.4, 0.5) is 0 Å². The maximum absolute atomic E-state index is 12.2. The smallest absolute Gasteiger partial charge is 0.250 e. The van der Waals surface area contributed by atoms with Crippen molar-refractivity contribution in [2.75, 3.05) is 7.11 Å². The van der Waals surface area contributed by atoms with E-state index in [-0.39, 0.29) is 15.7 Å². The Morgan fingerprint density at radius 2 is 2.14 bits per heavy atom. The van der Waals surface area contributed by atoms with E-state index < -0.39 is 10.0 Å². The molecule has 0 bridgehead atoms. The highest BCUT2D eigenvalue weighted by atomic mass is 32.2. The van der Waals surface area contributed by atoms with Gasteiger partial charge in [-0.2, -0.15) is 0 Å². The van der Waals surface area contributed by atoms with Crippen molar-refractivity contribution in [2.24, 2.45) is 5.73 Å². The third-order valence-corrected chi connectivity index (χ3v) is 6.05.